The van der Waals surface area contributed by atoms with E-state index in [0.717, 1.165) is 54.9 Å². The van der Waals surface area contributed by atoms with Crippen molar-refractivity contribution >= 4 is 63.6 Å². The Balaban J connectivity index is 0.743. The molecule has 72 heavy (non-hydrogen) atoms. The molecule has 2 fully saturated rings. The van der Waals surface area contributed by atoms with Crippen LogP contribution in [0.2, 0.25) is 5.02 Å². The fourth-order valence-electron chi connectivity index (χ4n) is 9.43. The number of hydrogen-bond donors (Lipinski definition) is 3. The molecule has 3 aliphatic rings. The first kappa shape index (κ1) is 50.4. The number of carbonyl (C=O) groups excluding carboxylic acids is 4. The molecule has 1 aliphatic carbocycles. The van der Waals surface area contributed by atoms with Gasteiger partial charge >= 0.3 is 0 Å². The van der Waals surface area contributed by atoms with Crippen LogP contribution in [0, 0.1) is 33.1 Å². The minimum atomic E-state index is -0.903. The molecule has 2 aromatic carbocycles. The number of halogens is 1. The molecular weight excluding hydrogens is 972 g/mol. The number of aromatic nitrogens is 5. The first-order chi connectivity index (χ1) is 34.4. The highest BCUT2D eigenvalue weighted by atomic mass is 35.5. The van der Waals surface area contributed by atoms with Gasteiger partial charge in [0.15, 0.2) is 12.4 Å². The summed E-state index contributed by atoms with van der Waals surface area (Å²) in [5, 5.41) is 19.7. The van der Waals surface area contributed by atoms with Gasteiger partial charge in [0, 0.05) is 52.5 Å². The Hall–Kier alpha value is -6.50. The van der Waals surface area contributed by atoms with E-state index in [4.69, 9.17) is 26.1 Å². The van der Waals surface area contributed by atoms with Crippen molar-refractivity contribution < 1.29 is 28.7 Å². The number of hydrogen-bond acceptors (Lipinski definition) is 13. The number of pyridine rings is 1. The lowest BCUT2D eigenvalue weighted by molar-refractivity contribution is -0.144. The molecule has 4 aromatic heterocycles. The molecule has 1 saturated carbocycles. The van der Waals surface area contributed by atoms with Gasteiger partial charge in [-0.15, -0.1) is 32.9 Å². The Labute approximate surface area is 432 Å². The number of fused-ring (bicyclic) bond motifs is 3. The standard InChI is InChI=1S/C53H59ClN10O6S2/c1-28-31(4)72-52-45(28)46(34-15-17-36(54)18-16-34)59-40(49-62-61-32(5)64(49)52)24-42(65)58-37-22-39(23-37)70-44-20-19-38(25-55-44)69-26-43(66)60-48(53(6,7)8)51(68)63-21-9-10-41(63)50(67)57-29(2)33-11-13-35(14-12-33)47-30(3)56-27-71-47/h11-20,25,27,29,37,39-41,48H,9-10,21-24,26H2,1-8H3,(H,57,67)(H,58,65)(H,60,66)/t29?,37?,39?,40-,41?,48?/m0/s1. The second kappa shape index (κ2) is 20.9. The summed E-state index contributed by atoms with van der Waals surface area (Å²) in [7, 11) is 0. The number of thiophene rings is 1. The van der Waals surface area contributed by atoms with E-state index in [1.165, 1.54) is 11.1 Å². The van der Waals surface area contributed by atoms with Crippen LogP contribution < -0.4 is 25.4 Å². The van der Waals surface area contributed by atoms with Crippen LogP contribution in [-0.4, -0.2) is 96.4 Å². The van der Waals surface area contributed by atoms with E-state index < -0.39 is 29.4 Å². The molecule has 3 N–H and O–H groups in total. The molecule has 4 atom stereocenters. The van der Waals surface area contributed by atoms with Crippen molar-refractivity contribution in [2.75, 3.05) is 13.2 Å². The number of carbonyl (C=O) groups is 4. The first-order valence-electron chi connectivity index (χ1n) is 24.2. The molecule has 1 saturated heterocycles. The van der Waals surface area contributed by atoms with Crippen LogP contribution in [0.1, 0.15) is 116 Å². The number of nitrogens with one attached hydrogen (secondary N) is 3. The van der Waals surface area contributed by atoms with Crippen LogP contribution in [-0.2, 0) is 19.2 Å². The minimum absolute atomic E-state index is 0.0850. The normalized spacial score (nSPS) is 19.2. The number of rotatable bonds is 15. The number of ether oxygens (including phenoxy) is 2. The molecule has 3 unspecified atom stereocenters. The van der Waals surface area contributed by atoms with Crippen molar-refractivity contribution in [1.82, 2.24) is 45.6 Å². The zero-order chi connectivity index (χ0) is 51.0. The van der Waals surface area contributed by atoms with Gasteiger partial charge < -0.3 is 30.3 Å². The third kappa shape index (κ3) is 10.8. The van der Waals surface area contributed by atoms with Crippen LogP contribution in [0.4, 0.5) is 0 Å². The van der Waals surface area contributed by atoms with E-state index in [9.17, 15) is 19.2 Å². The lowest BCUT2D eigenvalue weighted by Gasteiger charge is -2.35. The zero-order valence-electron chi connectivity index (χ0n) is 41.6. The Morgan fingerprint density at radius 3 is 2.32 bits per heavy atom. The first-order valence-corrected chi connectivity index (χ1v) is 26.3. The number of likely N-dealkylation sites (tertiary alicyclic amines) is 1. The highest BCUT2D eigenvalue weighted by Gasteiger charge is 2.42. The van der Waals surface area contributed by atoms with Crippen molar-refractivity contribution in [2.45, 2.75) is 124 Å². The summed E-state index contributed by atoms with van der Waals surface area (Å²) in [4.78, 5) is 72.6. The van der Waals surface area contributed by atoms with Gasteiger partial charge in [-0.05, 0) is 87.8 Å². The van der Waals surface area contributed by atoms with Crippen LogP contribution in [0.25, 0.3) is 15.4 Å². The molecule has 6 aromatic rings. The van der Waals surface area contributed by atoms with E-state index in [0.29, 0.717) is 54.7 Å². The van der Waals surface area contributed by atoms with Crippen LogP contribution in [0.5, 0.6) is 11.6 Å². The topological polar surface area (TPSA) is 195 Å². The van der Waals surface area contributed by atoms with E-state index in [-0.39, 0.29) is 48.9 Å². The van der Waals surface area contributed by atoms with Gasteiger partial charge in [0.25, 0.3) is 5.91 Å². The van der Waals surface area contributed by atoms with E-state index in [1.807, 2.05) is 100 Å². The zero-order valence-corrected chi connectivity index (χ0v) is 44.0. The van der Waals surface area contributed by atoms with Crippen molar-refractivity contribution in [3.8, 4) is 27.1 Å². The summed E-state index contributed by atoms with van der Waals surface area (Å²) in [6.07, 6.45) is 3.80. The largest absolute Gasteiger partial charge is 0.482 e. The molecule has 16 nitrogen and oxygen atoms in total. The number of thiazole rings is 1. The average molecular weight is 1030 g/mol. The Kier molecular flexibility index (Phi) is 14.7. The summed E-state index contributed by atoms with van der Waals surface area (Å²) in [5.41, 5.74) is 7.99. The smallest absolute Gasteiger partial charge is 0.258 e. The molecule has 6 heterocycles. The molecule has 376 valence electrons. The number of amides is 4. The predicted octanol–water partition coefficient (Wildman–Crippen LogP) is 8.52. The fraction of sp³-hybridized carbons (Fsp3) is 0.415. The number of nitrogens with zero attached hydrogens (tertiary/aromatic N) is 7. The Morgan fingerprint density at radius 2 is 1.64 bits per heavy atom. The number of aliphatic imine (C=N–C) groups is 1. The van der Waals surface area contributed by atoms with E-state index in [2.05, 4.69) is 50.0 Å². The van der Waals surface area contributed by atoms with Gasteiger partial charge in [-0.1, -0.05) is 68.8 Å². The van der Waals surface area contributed by atoms with Crippen molar-refractivity contribution in [3.05, 3.63) is 122 Å². The SMILES string of the molecule is Cc1ncsc1-c1ccc(C(C)NC(=O)C2CCCN2C(=O)C(NC(=O)COc2ccc(OC3CC(NC(=O)C[C@@H]4N=C(c5ccc(Cl)cc5)c5c(sc(C)c5C)-n5c(C)nnc54)C3)nc2)C(C)(C)C)cc1. The third-order valence-corrected chi connectivity index (χ3v) is 16.0. The maximum absolute atomic E-state index is 14.1. The van der Waals surface area contributed by atoms with Gasteiger partial charge in [0.2, 0.25) is 23.6 Å². The summed E-state index contributed by atoms with van der Waals surface area (Å²) >= 11 is 9.52. The Morgan fingerprint density at radius 1 is 0.903 bits per heavy atom. The summed E-state index contributed by atoms with van der Waals surface area (Å²) < 4.78 is 13.9. The predicted molar refractivity (Wildman–Crippen MR) is 278 cm³/mol. The Bertz CT molecular complexity index is 3010. The van der Waals surface area contributed by atoms with Crippen LogP contribution in [0.15, 0.2) is 77.4 Å². The molecule has 2 aliphatic heterocycles. The molecule has 0 spiro atoms. The van der Waals surface area contributed by atoms with E-state index >= 15 is 0 Å². The molecule has 4 amide bonds. The van der Waals surface area contributed by atoms with Gasteiger partial charge in [-0.25, -0.2) is 9.97 Å². The molecule has 0 radical (unpaired) electrons. The molecule has 9 rings (SSSR count). The second-order valence-corrected chi connectivity index (χ2v) is 22.4. The summed E-state index contributed by atoms with van der Waals surface area (Å²) in [6, 6.07) is 16.5. The summed E-state index contributed by atoms with van der Waals surface area (Å²) in [6.45, 7) is 15.7. The lowest BCUT2D eigenvalue weighted by Crippen LogP contribution is -2.58. The van der Waals surface area contributed by atoms with Gasteiger partial charge in [0.1, 0.15) is 40.8 Å². The number of aryl methyl sites for hydroxylation is 3. The van der Waals surface area contributed by atoms with Gasteiger partial charge in [-0.2, -0.15) is 0 Å². The van der Waals surface area contributed by atoms with Gasteiger partial charge in [-0.3, -0.25) is 28.7 Å². The molecule has 19 heteroatoms. The van der Waals surface area contributed by atoms with Crippen LogP contribution >= 0.6 is 34.3 Å². The fourth-order valence-corrected chi connectivity index (χ4v) is 11.6. The summed E-state index contributed by atoms with van der Waals surface area (Å²) in [5.74, 6) is 0.903. The van der Waals surface area contributed by atoms with Crippen LogP contribution in [0.3, 0.4) is 0 Å². The van der Waals surface area contributed by atoms with Crippen molar-refractivity contribution in [3.63, 3.8) is 0 Å². The van der Waals surface area contributed by atoms with Gasteiger partial charge in [0.05, 0.1) is 40.5 Å². The van der Waals surface area contributed by atoms with E-state index in [1.54, 1.807) is 39.7 Å². The maximum atomic E-state index is 14.1. The third-order valence-electron chi connectivity index (χ3n) is 13.6. The highest BCUT2D eigenvalue weighted by Crippen LogP contribution is 2.40. The lowest BCUT2D eigenvalue weighted by atomic mass is 9.85. The minimum Gasteiger partial charge on any atom is -0.482 e. The van der Waals surface area contributed by atoms with Crippen molar-refractivity contribution in [1.29, 1.82) is 0 Å². The molecule has 0 bridgehead atoms. The monoisotopic (exact) mass is 1030 g/mol. The maximum Gasteiger partial charge on any atom is 0.258 e. The number of benzene rings is 2. The second-order valence-electron chi connectivity index (χ2n) is 19.9. The average Bonchev–Trinajstić information content (AvgIpc) is 4.14. The quantitative estimate of drug-likeness (QED) is 0.0898. The highest BCUT2D eigenvalue weighted by molar-refractivity contribution is 7.15. The van der Waals surface area contributed by atoms with Crippen molar-refractivity contribution in [2.24, 2.45) is 10.4 Å². The molecular formula is C53H59ClN10O6S2.